The van der Waals surface area contributed by atoms with E-state index in [9.17, 15) is 4.39 Å². The molecule has 0 saturated heterocycles. The Bertz CT molecular complexity index is 729. The molecule has 2 aromatic rings. The average molecular weight is 516 g/mol. The Balaban J connectivity index is 0.00000420. The van der Waals surface area contributed by atoms with Crippen molar-refractivity contribution in [2.45, 2.75) is 32.7 Å². The summed E-state index contributed by atoms with van der Waals surface area (Å²) in [6, 6.07) is 9.63. The molecule has 0 aliphatic rings. The molecular formula is C21H30FIN4O2. The van der Waals surface area contributed by atoms with Gasteiger partial charge in [-0.05, 0) is 30.5 Å². The number of pyridine rings is 1. The fourth-order valence-corrected chi connectivity index (χ4v) is 2.36. The summed E-state index contributed by atoms with van der Waals surface area (Å²) in [5.41, 5.74) is 0.984. The minimum Gasteiger partial charge on any atom is -0.439 e. The third-order valence-electron chi connectivity index (χ3n) is 3.90. The van der Waals surface area contributed by atoms with Crippen molar-refractivity contribution in [2.75, 3.05) is 26.8 Å². The number of benzene rings is 1. The van der Waals surface area contributed by atoms with Crippen molar-refractivity contribution < 1.29 is 13.9 Å². The van der Waals surface area contributed by atoms with Crippen molar-refractivity contribution >= 4 is 29.9 Å². The lowest BCUT2D eigenvalue weighted by Gasteiger charge is -2.12. The van der Waals surface area contributed by atoms with Crippen LogP contribution in [-0.2, 0) is 11.3 Å². The van der Waals surface area contributed by atoms with E-state index >= 15 is 0 Å². The van der Waals surface area contributed by atoms with Gasteiger partial charge in [0.05, 0.1) is 0 Å². The summed E-state index contributed by atoms with van der Waals surface area (Å²) in [5.74, 6) is 1.22. The minimum atomic E-state index is -0.343. The summed E-state index contributed by atoms with van der Waals surface area (Å²) in [4.78, 5) is 8.46. The number of unbranched alkanes of at least 4 members (excludes halogenated alkanes) is 1. The van der Waals surface area contributed by atoms with Crippen LogP contribution in [0.3, 0.4) is 0 Å². The second kappa shape index (κ2) is 15.0. The van der Waals surface area contributed by atoms with E-state index in [1.165, 1.54) is 12.1 Å². The van der Waals surface area contributed by atoms with Crippen LogP contribution >= 0.6 is 24.0 Å². The van der Waals surface area contributed by atoms with Crippen molar-refractivity contribution in [3.05, 3.63) is 54.0 Å². The normalized spacial score (nSPS) is 10.9. The topological polar surface area (TPSA) is 67.8 Å². The molecule has 6 nitrogen and oxygen atoms in total. The number of halogens is 2. The van der Waals surface area contributed by atoms with E-state index in [-0.39, 0.29) is 29.8 Å². The predicted octanol–water partition coefficient (Wildman–Crippen LogP) is 4.50. The van der Waals surface area contributed by atoms with Gasteiger partial charge in [-0.25, -0.2) is 9.37 Å². The zero-order valence-electron chi connectivity index (χ0n) is 17.0. The third kappa shape index (κ3) is 10.4. The lowest BCUT2D eigenvalue weighted by atomic mass is 10.3. The van der Waals surface area contributed by atoms with Crippen LogP contribution in [0.4, 0.5) is 4.39 Å². The Labute approximate surface area is 189 Å². The molecule has 0 aliphatic heterocycles. The second-order valence-electron chi connectivity index (χ2n) is 6.24. The van der Waals surface area contributed by atoms with Crippen molar-refractivity contribution in [1.29, 1.82) is 0 Å². The van der Waals surface area contributed by atoms with Gasteiger partial charge in [0.1, 0.15) is 11.6 Å². The van der Waals surface area contributed by atoms with E-state index in [0.29, 0.717) is 18.2 Å². The summed E-state index contributed by atoms with van der Waals surface area (Å²) >= 11 is 0. The van der Waals surface area contributed by atoms with Gasteiger partial charge in [-0.3, -0.25) is 4.99 Å². The van der Waals surface area contributed by atoms with Crippen molar-refractivity contribution in [1.82, 2.24) is 15.6 Å². The molecule has 160 valence electrons. The molecule has 1 heterocycles. The summed E-state index contributed by atoms with van der Waals surface area (Å²) in [6.07, 6.45) is 4.91. The molecule has 1 aromatic carbocycles. The highest BCUT2D eigenvalue weighted by Gasteiger charge is 2.02. The summed E-state index contributed by atoms with van der Waals surface area (Å²) in [5, 5.41) is 6.50. The molecule has 1 aromatic heterocycles. The summed E-state index contributed by atoms with van der Waals surface area (Å²) in [7, 11) is 1.74. The molecule has 0 saturated carbocycles. The Morgan fingerprint density at radius 2 is 1.97 bits per heavy atom. The van der Waals surface area contributed by atoms with E-state index < -0.39 is 0 Å². The molecule has 0 atom stereocenters. The molecule has 0 amide bonds. The van der Waals surface area contributed by atoms with Crippen LogP contribution in [0.1, 0.15) is 31.7 Å². The van der Waals surface area contributed by atoms with Gasteiger partial charge in [-0.2, -0.15) is 0 Å². The average Bonchev–Trinajstić information content (AvgIpc) is 2.71. The molecule has 0 unspecified atom stereocenters. The lowest BCUT2D eigenvalue weighted by Crippen LogP contribution is -2.37. The van der Waals surface area contributed by atoms with Crippen LogP contribution in [0, 0.1) is 5.82 Å². The number of nitrogens with zero attached hydrogens (tertiary/aromatic N) is 2. The first-order valence-corrected chi connectivity index (χ1v) is 9.62. The van der Waals surface area contributed by atoms with E-state index in [4.69, 9.17) is 9.47 Å². The molecular weight excluding hydrogens is 486 g/mol. The van der Waals surface area contributed by atoms with Crippen LogP contribution in [0.25, 0.3) is 0 Å². The molecule has 0 aliphatic carbocycles. The fourth-order valence-electron chi connectivity index (χ4n) is 2.36. The van der Waals surface area contributed by atoms with Gasteiger partial charge in [0.2, 0.25) is 5.88 Å². The SMILES string of the molecule is CCCCOCCCNC(=NC)NCc1ccc(Oc2cccc(F)c2)nc1.I. The molecule has 0 bridgehead atoms. The van der Waals surface area contributed by atoms with Gasteiger partial charge in [0.25, 0.3) is 0 Å². The number of guanidine groups is 1. The largest absolute Gasteiger partial charge is 0.439 e. The number of aromatic nitrogens is 1. The van der Waals surface area contributed by atoms with Gasteiger partial charge in [-0.1, -0.05) is 25.5 Å². The zero-order valence-corrected chi connectivity index (χ0v) is 19.3. The van der Waals surface area contributed by atoms with Crippen molar-refractivity contribution in [3.8, 4) is 11.6 Å². The third-order valence-corrected chi connectivity index (χ3v) is 3.90. The quantitative estimate of drug-likeness (QED) is 0.199. The van der Waals surface area contributed by atoms with E-state index in [2.05, 4.69) is 27.5 Å². The first kappa shape index (κ1) is 25.1. The summed E-state index contributed by atoms with van der Waals surface area (Å²) in [6.45, 7) is 5.11. The maximum atomic E-state index is 13.2. The van der Waals surface area contributed by atoms with Crippen LogP contribution in [0.15, 0.2) is 47.6 Å². The minimum absolute atomic E-state index is 0. The number of ether oxygens (including phenoxy) is 2. The molecule has 2 N–H and O–H groups in total. The van der Waals surface area contributed by atoms with Gasteiger partial charge < -0.3 is 20.1 Å². The van der Waals surface area contributed by atoms with Crippen LogP contribution < -0.4 is 15.4 Å². The fraction of sp³-hybridized carbons (Fsp3) is 0.429. The zero-order chi connectivity index (χ0) is 20.0. The monoisotopic (exact) mass is 516 g/mol. The highest BCUT2D eigenvalue weighted by atomic mass is 127. The van der Waals surface area contributed by atoms with Crippen molar-refractivity contribution in [2.24, 2.45) is 4.99 Å². The maximum Gasteiger partial charge on any atom is 0.219 e. The molecule has 29 heavy (non-hydrogen) atoms. The van der Waals surface area contributed by atoms with Crippen LogP contribution in [0.2, 0.25) is 0 Å². The van der Waals surface area contributed by atoms with E-state index in [1.54, 1.807) is 31.4 Å². The Morgan fingerprint density at radius 3 is 2.66 bits per heavy atom. The number of hydrogen-bond donors (Lipinski definition) is 2. The molecule has 0 radical (unpaired) electrons. The van der Waals surface area contributed by atoms with E-state index in [1.807, 2.05) is 6.07 Å². The summed E-state index contributed by atoms with van der Waals surface area (Å²) < 4.78 is 24.3. The number of rotatable bonds is 11. The van der Waals surface area contributed by atoms with Crippen molar-refractivity contribution in [3.63, 3.8) is 0 Å². The Morgan fingerprint density at radius 1 is 1.14 bits per heavy atom. The van der Waals surface area contributed by atoms with Crippen LogP contribution in [0.5, 0.6) is 11.6 Å². The molecule has 0 spiro atoms. The van der Waals surface area contributed by atoms with Gasteiger partial charge in [0, 0.05) is 51.7 Å². The predicted molar refractivity (Wildman–Crippen MR) is 125 cm³/mol. The molecule has 2 rings (SSSR count). The molecule has 8 heteroatoms. The van der Waals surface area contributed by atoms with Gasteiger partial charge >= 0.3 is 0 Å². The standard InChI is InChI=1S/C21H29FN4O2.HI/c1-3-4-12-27-13-6-11-24-21(23-2)26-16-17-9-10-20(25-15-17)28-19-8-5-7-18(22)14-19;/h5,7-10,14-15H,3-4,6,11-13,16H2,1-2H3,(H2,23,24,26);1H. The highest BCUT2D eigenvalue weighted by molar-refractivity contribution is 14.0. The lowest BCUT2D eigenvalue weighted by molar-refractivity contribution is 0.129. The first-order chi connectivity index (χ1) is 13.7. The first-order valence-electron chi connectivity index (χ1n) is 9.62. The number of aliphatic imine (C=N–C) groups is 1. The van der Waals surface area contributed by atoms with Crippen LogP contribution in [-0.4, -0.2) is 37.7 Å². The number of nitrogens with one attached hydrogen (secondary N) is 2. The van der Waals surface area contributed by atoms with Gasteiger partial charge in [-0.15, -0.1) is 24.0 Å². The van der Waals surface area contributed by atoms with E-state index in [0.717, 1.165) is 50.5 Å². The Hall–Kier alpha value is -1.94. The maximum absolute atomic E-state index is 13.2. The highest BCUT2D eigenvalue weighted by Crippen LogP contribution is 2.19. The molecule has 0 fully saturated rings. The number of hydrogen-bond acceptors (Lipinski definition) is 4. The Kier molecular flexibility index (Phi) is 13.0. The smallest absolute Gasteiger partial charge is 0.219 e. The van der Waals surface area contributed by atoms with Gasteiger partial charge in [0.15, 0.2) is 5.96 Å². The second-order valence-corrected chi connectivity index (χ2v) is 6.24.